The fourth-order valence-corrected chi connectivity index (χ4v) is 2.01. The van der Waals surface area contributed by atoms with E-state index >= 15 is 0 Å². The molecule has 19 heavy (non-hydrogen) atoms. The molecule has 2 heterocycles. The third kappa shape index (κ3) is 2.71. The highest BCUT2D eigenvalue weighted by Gasteiger charge is 1.98. The van der Waals surface area contributed by atoms with Crippen molar-refractivity contribution >= 4 is 16.6 Å². The first-order chi connectivity index (χ1) is 9.31. The predicted octanol–water partition coefficient (Wildman–Crippen LogP) is 3.55. The molecule has 0 radical (unpaired) electrons. The molecule has 0 atom stereocenters. The summed E-state index contributed by atoms with van der Waals surface area (Å²) in [6.45, 7) is 2.77. The van der Waals surface area contributed by atoms with Crippen molar-refractivity contribution in [3.63, 3.8) is 0 Å². The number of fused-ring (bicyclic) bond motifs is 1. The molecule has 0 aliphatic rings. The van der Waals surface area contributed by atoms with Crippen molar-refractivity contribution in [2.45, 2.75) is 13.5 Å². The minimum atomic E-state index is 0.787. The van der Waals surface area contributed by atoms with Gasteiger partial charge in [0.1, 0.15) is 0 Å². The Morgan fingerprint density at radius 3 is 2.84 bits per heavy atom. The Balaban J connectivity index is 1.76. The monoisotopic (exact) mass is 249 g/mol. The molecule has 0 aliphatic heterocycles. The van der Waals surface area contributed by atoms with E-state index in [0.29, 0.717) is 0 Å². The first kappa shape index (κ1) is 11.7. The van der Waals surface area contributed by atoms with Crippen molar-refractivity contribution in [1.82, 2.24) is 9.97 Å². The summed E-state index contributed by atoms with van der Waals surface area (Å²) in [6, 6.07) is 14.4. The SMILES string of the molecule is Cc1ccc(NCc2ccc3ncccc3c2)cn1. The predicted molar refractivity (Wildman–Crippen MR) is 78.0 cm³/mol. The van der Waals surface area contributed by atoms with Crippen LogP contribution in [-0.2, 0) is 6.54 Å². The Morgan fingerprint density at radius 1 is 1.05 bits per heavy atom. The molecule has 0 amide bonds. The third-order valence-electron chi connectivity index (χ3n) is 3.08. The van der Waals surface area contributed by atoms with Gasteiger partial charge in [0.25, 0.3) is 0 Å². The van der Waals surface area contributed by atoms with E-state index in [1.165, 1.54) is 10.9 Å². The van der Waals surface area contributed by atoms with E-state index in [-0.39, 0.29) is 0 Å². The van der Waals surface area contributed by atoms with Crippen LogP contribution in [0.5, 0.6) is 0 Å². The minimum absolute atomic E-state index is 0.787. The molecule has 94 valence electrons. The molecule has 1 aromatic carbocycles. The Hall–Kier alpha value is -2.42. The van der Waals surface area contributed by atoms with E-state index in [1.807, 2.05) is 37.5 Å². The first-order valence-corrected chi connectivity index (χ1v) is 6.31. The first-order valence-electron chi connectivity index (χ1n) is 6.31. The van der Waals surface area contributed by atoms with Gasteiger partial charge in [-0.05, 0) is 42.8 Å². The van der Waals surface area contributed by atoms with Gasteiger partial charge in [-0.2, -0.15) is 0 Å². The maximum Gasteiger partial charge on any atom is 0.0702 e. The van der Waals surface area contributed by atoms with Gasteiger partial charge in [0, 0.05) is 23.8 Å². The van der Waals surface area contributed by atoms with Gasteiger partial charge < -0.3 is 5.32 Å². The van der Waals surface area contributed by atoms with E-state index < -0.39 is 0 Å². The van der Waals surface area contributed by atoms with E-state index in [9.17, 15) is 0 Å². The van der Waals surface area contributed by atoms with Crippen molar-refractivity contribution in [2.24, 2.45) is 0 Å². The zero-order chi connectivity index (χ0) is 13.1. The molecule has 0 unspecified atom stereocenters. The molecular weight excluding hydrogens is 234 g/mol. The molecular formula is C16H15N3. The Kier molecular flexibility index (Phi) is 3.11. The van der Waals surface area contributed by atoms with Gasteiger partial charge in [0.15, 0.2) is 0 Å². The van der Waals surface area contributed by atoms with Gasteiger partial charge in [-0.3, -0.25) is 9.97 Å². The maximum absolute atomic E-state index is 4.32. The standard InChI is InChI=1S/C16H15N3/c1-12-4-6-15(11-18-12)19-10-13-5-7-16-14(9-13)3-2-8-17-16/h2-9,11,19H,10H2,1H3. The van der Waals surface area contributed by atoms with Crippen LogP contribution in [0.25, 0.3) is 10.9 Å². The number of aromatic nitrogens is 2. The summed E-state index contributed by atoms with van der Waals surface area (Å²) in [5, 5.41) is 4.54. The molecule has 0 saturated heterocycles. The molecule has 0 saturated carbocycles. The van der Waals surface area contributed by atoms with Gasteiger partial charge in [-0.1, -0.05) is 12.1 Å². The molecule has 0 aliphatic carbocycles. The van der Waals surface area contributed by atoms with E-state index in [1.54, 1.807) is 0 Å². The van der Waals surface area contributed by atoms with E-state index in [4.69, 9.17) is 0 Å². The van der Waals surface area contributed by atoms with Crippen LogP contribution >= 0.6 is 0 Å². The smallest absolute Gasteiger partial charge is 0.0702 e. The second-order valence-corrected chi connectivity index (χ2v) is 4.57. The summed E-state index contributed by atoms with van der Waals surface area (Å²) >= 11 is 0. The number of anilines is 1. The van der Waals surface area contributed by atoms with Crippen LogP contribution in [0.3, 0.4) is 0 Å². The van der Waals surface area contributed by atoms with Crippen molar-refractivity contribution in [3.05, 3.63) is 66.1 Å². The number of hydrogen-bond acceptors (Lipinski definition) is 3. The number of nitrogens with zero attached hydrogens (tertiary/aromatic N) is 2. The average molecular weight is 249 g/mol. The molecule has 1 N–H and O–H groups in total. The van der Waals surface area contributed by atoms with Crippen LogP contribution < -0.4 is 5.32 Å². The summed E-state index contributed by atoms with van der Waals surface area (Å²) in [6.07, 6.45) is 3.68. The molecule has 2 aromatic heterocycles. The van der Waals surface area contributed by atoms with E-state index in [0.717, 1.165) is 23.4 Å². The van der Waals surface area contributed by atoms with E-state index in [2.05, 4.69) is 39.6 Å². The highest BCUT2D eigenvalue weighted by molar-refractivity contribution is 5.78. The number of pyridine rings is 2. The second kappa shape index (κ2) is 5.06. The third-order valence-corrected chi connectivity index (χ3v) is 3.08. The summed E-state index contributed by atoms with van der Waals surface area (Å²) in [4.78, 5) is 8.59. The highest BCUT2D eigenvalue weighted by atomic mass is 14.9. The van der Waals surface area contributed by atoms with Crippen LogP contribution in [0.4, 0.5) is 5.69 Å². The Labute approximate surface area is 112 Å². The molecule has 0 bridgehead atoms. The largest absolute Gasteiger partial charge is 0.380 e. The number of aryl methyl sites for hydroxylation is 1. The highest BCUT2D eigenvalue weighted by Crippen LogP contribution is 2.15. The van der Waals surface area contributed by atoms with Crippen LogP contribution in [0.1, 0.15) is 11.3 Å². The van der Waals surface area contributed by atoms with Crippen molar-refractivity contribution in [3.8, 4) is 0 Å². The number of nitrogens with one attached hydrogen (secondary N) is 1. The van der Waals surface area contributed by atoms with Crippen molar-refractivity contribution in [1.29, 1.82) is 0 Å². The molecule has 0 spiro atoms. The van der Waals surface area contributed by atoms with Crippen molar-refractivity contribution in [2.75, 3.05) is 5.32 Å². The lowest BCUT2D eigenvalue weighted by atomic mass is 10.1. The number of hydrogen-bond donors (Lipinski definition) is 1. The molecule has 0 fully saturated rings. The fraction of sp³-hybridized carbons (Fsp3) is 0.125. The van der Waals surface area contributed by atoms with Gasteiger partial charge in [-0.15, -0.1) is 0 Å². The average Bonchev–Trinajstić information content (AvgIpc) is 2.46. The Morgan fingerprint density at radius 2 is 2.00 bits per heavy atom. The lowest BCUT2D eigenvalue weighted by Gasteiger charge is -2.07. The Bertz CT molecular complexity index is 690. The summed E-state index contributed by atoms with van der Waals surface area (Å²) in [5.41, 5.74) is 4.34. The zero-order valence-electron chi connectivity index (χ0n) is 10.8. The summed E-state index contributed by atoms with van der Waals surface area (Å²) in [5.74, 6) is 0. The van der Waals surface area contributed by atoms with Crippen LogP contribution in [0.15, 0.2) is 54.9 Å². The van der Waals surface area contributed by atoms with Crippen LogP contribution in [0, 0.1) is 6.92 Å². The maximum atomic E-state index is 4.32. The number of rotatable bonds is 3. The normalized spacial score (nSPS) is 10.6. The van der Waals surface area contributed by atoms with Crippen LogP contribution in [-0.4, -0.2) is 9.97 Å². The van der Waals surface area contributed by atoms with Crippen molar-refractivity contribution < 1.29 is 0 Å². The van der Waals surface area contributed by atoms with Gasteiger partial charge in [0.2, 0.25) is 0 Å². The van der Waals surface area contributed by atoms with Gasteiger partial charge in [0.05, 0.1) is 17.4 Å². The van der Waals surface area contributed by atoms with Gasteiger partial charge in [-0.25, -0.2) is 0 Å². The fourth-order valence-electron chi connectivity index (χ4n) is 2.01. The lowest BCUT2D eigenvalue weighted by Crippen LogP contribution is -2.00. The molecule has 3 heteroatoms. The van der Waals surface area contributed by atoms with Crippen LogP contribution in [0.2, 0.25) is 0 Å². The minimum Gasteiger partial charge on any atom is -0.380 e. The summed E-state index contributed by atoms with van der Waals surface area (Å²) in [7, 11) is 0. The zero-order valence-corrected chi connectivity index (χ0v) is 10.8. The number of benzene rings is 1. The summed E-state index contributed by atoms with van der Waals surface area (Å²) < 4.78 is 0. The lowest BCUT2D eigenvalue weighted by molar-refractivity contribution is 1.12. The molecule has 3 aromatic rings. The van der Waals surface area contributed by atoms with Gasteiger partial charge >= 0.3 is 0 Å². The molecule has 3 nitrogen and oxygen atoms in total. The topological polar surface area (TPSA) is 37.8 Å². The quantitative estimate of drug-likeness (QED) is 0.771. The molecule has 3 rings (SSSR count). The second-order valence-electron chi connectivity index (χ2n) is 4.57.